The van der Waals surface area contributed by atoms with Crippen LogP contribution in [0.3, 0.4) is 0 Å². The highest BCUT2D eigenvalue weighted by molar-refractivity contribution is 7.89. The summed E-state index contributed by atoms with van der Waals surface area (Å²) in [5.74, 6) is 0.0526. The minimum Gasteiger partial charge on any atom is -0.310 e. The Morgan fingerprint density at radius 3 is 2.23 bits per heavy atom. The highest BCUT2D eigenvalue weighted by Gasteiger charge is 2.32. The molecule has 0 unspecified atom stereocenters. The van der Waals surface area contributed by atoms with Gasteiger partial charge in [-0.15, -0.1) is 0 Å². The number of piperazine rings is 1. The molecule has 1 saturated heterocycles. The number of pyridine rings is 1. The number of nitrogens with zero attached hydrogens (tertiary/aromatic N) is 3. The second kappa shape index (κ2) is 8.88. The third-order valence-corrected chi connectivity index (χ3v) is 6.65. The van der Waals surface area contributed by atoms with E-state index in [1.165, 1.54) is 10.5 Å². The molecule has 7 nitrogen and oxygen atoms in total. The van der Waals surface area contributed by atoms with Crippen LogP contribution < -0.4 is 5.32 Å². The van der Waals surface area contributed by atoms with Gasteiger partial charge in [0.1, 0.15) is 5.82 Å². The average molecular weight is 463 g/mol. The molecule has 2 aromatic rings. The normalized spacial score (nSPS) is 16.4. The molecule has 1 fully saturated rings. The molecule has 0 aliphatic carbocycles. The van der Waals surface area contributed by atoms with Crippen molar-refractivity contribution in [1.29, 1.82) is 0 Å². The van der Waals surface area contributed by atoms with E-state index in [0.717, 1.165) is 24.3 Å². The molecule has 3 rings (SSSR count). The number of benzene rings is 1. The maximum atomic E-state index is 12.7. The summed E-state index contributed by atoms with van der Waals surface area (Å²) in [5, 5.41) is 3.07. The zero-order valence-electron chi connectivity index (χ0n) is 15.6. The van der Waals surface area contributed by atoms with Gasteiger partial charge in [-0.05, 0) is 36.4 Å². The highest BCUT2D eigenvalue weighted by Crippen LogP contribution is 2.30. The Morgan fingerprint density at radius 2 is 1.70 bits per heavy atom. The van der Waals surface area contributed by atoms with E-state index in [-0.39, 0.29) is 30.4 Å². The molecular formula is C18H18ClF3N4O3S. The van der Waals surface area contributed by atoms with Crippen molar-refractivity contribution in [1.82, 2.24) is 14.2 Å². The number of sulfonamides is 1. The summed E-state index contributed by atoms with van der Waals surface area (Å²) in [6, 6.07) is 6.56. The van der Waals surface area contributed by atoms with Crippen LogP contribution in [0.4, 0.5) is 19.0 Å². The Kier molecular flexibility index (Phi) is 6.65. The number of aromatic nitrogens is 1. The Bertz CT molecular complexity index is 991. The molecule has 1 aliphatic rings. The number of amides is 1. The molecule has 1 aliphatic heterocycles. The number of carbonyl (C=O) groups excluding carboxylic acids is 1. The fourth-order valence-corrected chi connectivity index (χ4v) is 4.46. The van der Waals surface area contributed by atoms with E-state index in [1.807, 2.05) is 0 Å². The molecule has 0 spiro atoms. The predicted molar refractivity (Wildman–Crippen MR) is 105 cm³/mol. The number of carbonyl (C=O) groups is 1. The molecule has 0 bridgehead atoms. The molecule has 1 amide bonds. The Hall–Kier alpha value is -2.21. The Balaban J connectivity index is 1.55. The number of hydrogen-bond acceptors (Lipinski definition) is 5. The molecule has 1 aromatic heterocycles. The van der Waals surface area contributed by atoms with Crippen molar-refractivity contribution < 1.29 is 26.4 Å². The van der Waals surface area contributed by atoms with Gasteiger partial charge in [-0.2, -0.15) is 17.5 Å². The van der Waals surface area contributed by atoms with Crippen molar-refractivity contribution in [3.8, 4) is 0 Å². The number of alkyl halides is 3. The molecule has 162 valence electrons. The number of hydrogen-bond donors (Lipinski definition) is 1. The summed E-state index contributed by atoms with van der Waals surface area (Å²) < 4.78 is 64.5. The molecule has 2 heterocycles. The Morgan fingerprint density at radius 1 is 1.07 bits per heavy atom. The van der Waals surface area contributed by atoms with Gasteiger partial charge in [0.05, 0.1) is 22.0 Å². The molecule has 0 atom stereocenters. The molecule has 30 heavy (non-hydrogen) atoms. The number of anilines is 1. The number of nitrogens with one attached hydrogen (secondary N) is 1. The standard InChI is InChI=1S/C18H18ClF3N4O3S/c19-14-3-6-16(23-11-14)24-17(27)12-25-7-9-26(10-8-25)30(28,29)15-4-1-13(2-5-15)18(20,21)22/h1-6,11H,7-10,12H2,(H,23,24,27). The van der Waals surface area contributed by atoms with Gasteiger partial charge in [0, 0.05) is 32.4 Å². The summed E-state index contributed by atoms with van der Waals surface area (Å²) >= 11 is 5.74. The van der Waals surface area contributed by atoms with E-state index in [2.05, 4.69) is 10.3 Å². The lowest BCUT2D eigenvalue weighted by atomic mass is 10.2. The van der Waals surface area contributed by atoms with Gasteiger partial charge in [-0.3, -0.25) is 9.69 Å². The maximum absolute atomic E-state index is 12.7. The topological polar surface area (TPSA) is 82.6 Å². The molecule has 0 saturated carbocycles. The van der Waals surface area contributed by atoms with Gasteiger partial charge in [-0.1, -0.05) is 11.6 Å². The van der Waals surface area contributed by atoms with E-state index in [4.69, 9.17) is 11.6 Å². The van der Waals surface area contributed by atoms with Gasteiger partial charge < -0.3 is 5.32 Å². The molecule has 1 N–H and O–H groups in total. The second-order valence-electron chi connectivity index (χ2n) is 6.61. The van der Waals surface area contributed by atoms with Crippen molar-refractivity contribution in [2.45, 2.75) is 11.1 Å². The zero-order valence-corrected chi connectivity index (χ0v) is 17.1. The van der Waals surface area contributed by atoms with Crippen LogP contribution in [0.1, 0.15) is 5.56 Å². The zero-order chi connectivity index (χ0) is 21.9. The van der Waals surface area contributed by atoms with E-state index in [9.17, 15) is 26.4 Å². The van der Waals surface area contributed by atoms with Gasteiger partial charge in [0.15, 0.2) is 0 Å². The van der Waals surface area contributed by atoms with E-state index in [1.54, 1.807) is 17.0 Å². The SMILES string of the molecule is O=C(CN1CCN(S(=O)(=O)c2ccc(C(F)(F)F)cc2)CC1)Nc1ccc(Cl)cn1. The maximum Gasteiger partial charge on any atom is 0.416 e. The van der Waals surface area contributed by atoms with Crippen molar-refractivity contribution in [2.24, 2.45) is 0 Å². The summed E-state index contributed by atoms with van der Waals surface area (Å²) in [5.41, 5.74) is -0.910. The van der Waals surface area contributed by atoms with Gasteiger partial charge >= 0.3 is 6.18 Å². The van der Waals surface area contributed by atoms with Crippen LogP contribution in [0.5, 0.6) is 0 Å². The lowest BCUT2D eigenvalue weighted by molar-refractivity contribution is -0.137. The lowest BCUT2D eigenvalue weighted by Crippen LogP contribution is -2.50. The van der Waals surface area contributed by atoms with Crippen molar-refractivity contribution in [3.05, 3.63) is 53.2 Å². The minimum absolute atomic E-state index is 0.0540. The number of halogens is 4. The van der Waals surface area contributed by atoms with Crippen LogP contribution in [0.25, 0.3) is 0 Å². The molecule has 1 aromatic carbocycles. The fourth-order valence-electron chi connectivity index (χ4n) is 2.93. The molecular weight excluding hydrogens is 445 g/mol. The van der Waals surface area contributed by atoms with Crippen LogP contribution in [-0.4, -0.2) is 61.2 Å². The second-order valence-corrected chi connectivity index (χ2v) is 8.99. The third kappa shape index (κ3) is 5.48. The first-order chi connectivity index (χ1) is 14.1. The van der Waals surface area contributed by atoms with Crippen LogP contribution >= 0.6 is 11.6 Å². The number of rotatable bonds is 5. The van der Waals surface area contributed by atoms with Crippen LogP contribution in [0.15, 0.2) is 47.5 Å². The van der Waals surface area contributed by atoms with Crippen molar-refractivity contribution in [2.75, 3.05) is 38.0 Å². The van der Waals surface area contributed by atoms with Crippen molar-refractivity contribution in [3.63, 3.8) is 0 Å². The minimum atomic E-state index is -4.53. The summed E-state index contributed by atoms with van der Waals surface area (Å²) in [6.45, 7) is 0.910. The quantitative estimate of drug-likeness (QED) is 0.738. The predicted octanol–water partition coefficient (Wildman–Crippen LogP) is 2.70. The molecule has 0 radical (unpaired) electrons. The Labute approximate surface area is 176 Å². The lowest BCUT2D eigenvalue weighted by Gasteiger charge is -2.33. The van der Waals surface area contributed by atoms with Crippen LogP contribution in [0.2, 0.25) is 5.02 Å². The summed E-state index contributed by atoms with van der Waals surface area (Å²) in [4.78, 5) is 17.7. The van der Waals surface area contributed by atoms with E-state index < -0.39 is 21.8 Å². The van der Waals surface area contributed by atoms with Gasteiger partial charge in [0.2, 0.25) is 15.9 Å². The first-order valence-corrected chi connectivity index (χ1v) is 10.7. The first-order valence-electron chi connectivity index (χ1n) is 8.87. The monoisotopic (exact) mass is 462 g/mol. The smallest absolute Gasteiger partial charge is 0.310 e. The van der Waals surface area contributed by atoms with E-state index in [0.29, 0.717) is 23.9 Å². The summed E-state index contributed by atoms with van der Waals surface area (Å²) in [6.07, 6.45) is -3.13. The van der Waals surface area contributed by atoms with Gasteiger partial charge in [0.25, 0.3) is 0 Å². The van der Waals surface area contributed by atoms with Crippen molar-refractivity contribution >= 4 is 33.3 Å². The van der Waals surface area contributed by atoms with Crippen LogP contribution in [0, 0.1) is 0 Å². The highest BCUT2D eigenvalue weighted by atomic mass is 35.5. The van der Waals surface area contributed by atoms with E-state index >= 15 is 0 Å². The molecule has 12 heteroatoms. The van der Waals surface area contributed by atoms with Gasteiger partial charge in [-0.25, -0.2) is 13.4 Å². The largest absolute Gasteiger partial charge is 0.416 e. The van der Waals surface area contributed by atoms with Crippen LogP contribution in [-0.2, 0) is 21.0 Å². The summed E-state index contributed by atoms with van der Waals surface area (Å²) in [7, 11) is -3.91. The first kappa shape index (κ1) is 22.5. The fraction of sp³-hybridized carbons (Fsp3) is 0.333. The third-order valence-electron chi connectivity index (χ3n) is 4.51. The average Bonchev–Trinajstić information content (AvgIpc) is 2.69.